The summed E-state index contributed by atoms with van der Waals surface area (Å²) in [5.41, 5.74) is 0.702. The number of hydrogen-bond donors (Lipinski definition) is 1. The first-order chi connectivity index (χ1) is 14.1. The van der Waals surface area contributed by atoms with Crippen molar-refractivity contribution in [3.05, 3.63) is 53.6 Å². The molecule has 0 bridgehead atoms. The highest BCUT2D eigenvalue weighted by Crippen LogP contribution is 2.29. The van der Waals surface area contributed by atoms with Gasteiger partial charge in [0.25, 0.3) is 12.3 Å². The molecule has 0 fully saturated rings. The van der Waals surface area contributed by atoms with E-state index in [9.17, 15) is 31.1 Å². The molecule has 0 spiro atoms. The van der Waals surface area contributed by atoms with Crippen LogP contribution in [0.1, 0.15) is 27.8 Å². The number of halogens is 6. The predicted octanol–water partition coefficient (Wildman–Crippen LogP) is 3.67. The summed E-state index contributed by atoms with van der Waals surface area (Å²) in [7, 11) is 0. The number of nitrogens with one attached hydrogen (secondary N) is 1. The van der Waals surface area contributed by atoms with Gasteiger partial charge in [-0.25, -0.2) is 18.2 Å². The molecule has 7 nitrogen and oxygen atoms in total. The lowest BCUT2D eigenvalue weighted by Gasteiger charge is -2.06. The third-order valence-corrected chi connectivity index (χ3v) is 3.75. The molecule has 0 aliphatic rings. The van der Waals surface area contributed by atoms with Gasteiger partial charge in [-0.2, -0.15) is 18.2 Å². The zero-order valence-electron chi connectivity index (χ0n) is 14.8. The first-order valence-electron chi connectivity index (χ1n) is 8.28. The van der Waals surface area contributed by atoms with E-state index in [1.807, 2.05) is 5.32 Å². The molecule has 160 valence electrons. The molecule has 1 atom stereocenters. The van der Waals surface area contributed by atoms with E-state index in [-0.39, 0.29) is 29.4 Å². The van der Waals surface area contributed by atoms with Gasteiger partial charge in [0.05, 0.1) is 6.54 Å². The van der Waals surface area contributed by atoms with Crippen molar-refractivity contribution in [3.8, 4) is 11.4 Å². The van der Waals surface area contributed by atoms with Gasteiger partial charge in [-0.1, -0.05) is 29.4 Å². The number of aromatic nitrogens is 3. The SMILES string of the molecule is O=C(NCC(F)C(F)F)c1coc(Cc2ccc(-c3noc(C(F)(F)F)n3)cc2)n1. The molecule has 0 aliphatic carbocycles. The monoisotopic (exact) mass is 434 g/mol. The van der Waals surface area contributed by atoms with E-state index in [0.717, 1.165) is 6.26 Å². The summed E-state index contributed by atoms with van der Waals surface area (Å²) in [6, 6.07) is 6.03. The van der Waals surface area contributed by atoms with E-state index < -0.39 is 37.1 Å². The Morgan fingerprint density at radius 1 is 1.10 bits per heavy atom. The van der Waals surface area contributed by atoms with E-state index in [0.29, 0.717) is 5.56 Å². The number of benzene rings is 1. The minimum Gasteiger partial charge on any atom is -0.448 e. The first-order valence-corrected chi connectivity index (χ1v) is 8.28. The van der Waals surface area contributed by atoms with Gasteiger partial charge < -0.3 is 14.3 Å². The zero-order chi connectivity index (χ0) is 21.9. The zero-order valence-corrected chi connectivity index (χ0v) is 14.8. The molecular weight excluding hydrogens is 422 g/mol. The molecule has 1 unspecified atom stereocenters. The molecule has 2 heterocycles. The number of alkyl halides is 6. The maximum absolute atomic E-state index is 12.8. The topological polar surface area (TPSA) is 94.1 Å². The van der Waals surface area contributed by atoms with Gasteiger partial charge in [0.15, 0.2) is 17.8 Å². The Morgan fingerprint density at radius 2 is 1.80 bits per heavy atom. The van der Waals surface area contributed by atoms with Crippen LogP contribution in [0.15, 0.2) is 39.5 Å². The summed E-state index contributed by atoms with van der Waals surface area (Å²) in [5.74, 6) is -2.46. The standard InChI is InChI=1S/C17H12F6N4O3/c18-10(13(19)20)6-24-15(28)11-7-29-12(25-11)5-8-1-3-9(4-2-8)14-26-16(30-27-14)17(21,22)23/h1-4,7,10,13H,5-6H2,(H,24,28). The molecule has 0 saturated carbocycles. The average molecular weight is 434 g/mol. The molecule has 0 saturated heterocycles. The number of nitrogens with zero attached hydrogens (tertiary/aromatic N) is 3. The normalized spacial score (nSPS) is 12.9. The summed E-state index contributed by atoms with van der Waals surface area (Å²) in [6.45, 7) is -0.869. The van der Waals surface area contributed by atoms with Crippen molar-refractivity contribution in [2.45, 2.75) is 25.2 Å². The number of rotatable bonds is 7. The lowest BCUT2D eigenvalue weighted by atomic mass is 10.1. The molecule has 0 aliphatic heterocycles. The van der Waals surface area contributed by atoms with Crippen molar-refractivity contribution < 1.29 is 40.1 Å². The van der Waals surface area contributed by atoms with Crippen molar-refractivity contribution in [2.75, 3.05) is 6.54 Å². The fourth-order valence-electron chi connectivity index (χ4n) is 2.27. The molecule has 2 aromatic heterocycles. The Kier molecular flexibility index (Phi) is 6.08. The lowest BCUT2D eigenvalue weighted by Crippen LogP contribution is -2.33. The maximum Gasteiger partial charge on any atom is 0.471 e. The van der Waals surface area contributed by atoms with E-state index >= 15 is 0 Å². The molecule has 1 N–H and O–H groups in total. The van der Waals surface area contributed by atoms with Gasteiger partial charge in [-0.3, -0.25) is 4.79 Å². The molecule has 1 aromatic carbocycles. The lowest BCUT2D eigenvalue weighted by molar-refractivity contribution is -0.159. The van der Waals surface area contributed by atoms with Crippen LogP contribution in [0.2, 0.25) is 0 Å². The fraction of sp³-hybridized carbons (Fsp3) is 0.294. The van der Waals surface area contributed by atoms with Crippen molar-refractivity contribution >= 4 is 5.91 Å². The van der Waals surface area contributed by atoms with Crippen LogP contribution in [0.3, 0.4) is 0 Å². The number of hydrogen-bond acceptors (Lipinski definition) is 6. The quantitative estimate of drug-likeness (QED) is 0.571. The van der Waals surface area contributed by atoms with Gasteiger partial charge in [0.1, 0.15) is 6.26 Å². The van der Waals surface area contributed by atoms with Crippen LogP contribution in [-0.2, 0) is 12.6 Å². The molecular formula is C17H12F6N4O3. The van der Waals surface area contributed by atoms with Gasteiger partial charge in [0, 0.05) is 12.0 Å². The van der Waals surface area contributed by atoms with Gasteiger partial charge >= 0.3 is 12.1 Å². The Labute approximate surface area is 164 Å². The van der Waals surface area contributed by atoms with Crippen molar-refractivity contribution in [3.63, 3.8) is 0 Å². The third kappa shape index (κ3) is 5.15. The summed E-state index contributed by atoms with van der Waals surface area (Å²) in [4.78, 5) is 18.9. The predicted molar refractivity (Wildman–Crippen MR) is 87.3 cm³/mol. The number of oxazole rings is 1. The summed E-state index contributed by atoms with van der Waals surface area (Å²) in [5, 5.41) is 5.25. The second kappa shape index (κ2) is 8.55. The molecule has 3 rings (SSSR count). The summed E-state index contributed by atoms with van der Waals surface area (Å²) < 4.78 is 83.8. The second-order valence-electron chi connectivity index (χ2n) is 5.98. The van der Waals surface area contributed by atoms with Crippen LogP contribution in [0, 0.1) is 0 Å². The Hall–Kier alpha value is -3.38. The highest BCUT2D eigenvalue weighted by Gasteiger charge is 2.38. The van der Waals surface area contributed by atoms with Crippen molar-refractivity contribution in [1.29, 1.82) is 0 Å². The Balaban J connectivity index is 1.61. The third-order valence-electron chi connectivity index (χ3n) is 3.75. The second-order valence-corrected chi connectivity index (χ2v) is 5.98. The van der Waals surface area contributed by atoms with Crippen LogP contribution in [-0.4, -0.2) is 40.2 Å². The first kappa shape index (κ1) is 21.3. The van der Waals surface area contributed by atoms with E-state index in [1.165, 1.54) is 12.1 Å². The highest BCUT2D eigenvalue weighted by atomic mass is 19.4. The van der Waals surface area contributed by atoms with E-state index in [1.54, 1.807) is 12.1 Å². The fourth-order valence-corrected chi connectivity index (χ4v) is 2.27. The van der Waals surface area contributed by atoms with Crippen LogP contribution in [0.4, 0.5) is 26.3 Å². The molecule has 1 amide bonds. The number of carbonyl (C=O) groups excluding carboxylic acids is 1. The largest absolute Gasteiger partial charge is 0.471 e. The molecule has 13 heteroatoms. The minimum atomic E-state index is -4.75. The highest BCUT2D eigenvalue weighted by molar-refractivity contribution is 5.91. The van der Waals surface area contributed by atoms with Crippen LogP contribution in [0.5, 0.6) is 0 Å². The van der Waals surface area contributed by atoms with E-state index in [2.05, 4.69) is 19.6 Å². The average Bonchev–Trinajstić information content (AvgIpc) is 3.36. The summed E-state index contributed by atoms with van der Waals surface area (Å²) in [6.07, 6.45) is -9.34. The van der Waals surface area contributed by atoms with Gasteiger partial charge in [-0.05, 0) is 5.56 Å². The van der Waals surface area contributed by atoms with Crippen LogP contribution < -0.4 is 5.32 Å². The van der Waals surface area contributed by atoms with Crippen molar-refractivity contribution in [1.82, 2.24) is 20.4 Å². The molecule has 0 radical (unpaired) electrons. The van der Waals surface area contributed by atoms with Crippen LogP contribution in [0.25, 0.3) is 11.4 Å². The minimum absolute atomic E-state index is 0.109. The molecule has 3 aromatic rings. The Morgan fingerprint density at radius 3 is 2.40 bits per heavy atom. The van der Waals surface area contributed by atoms with Crippen molar-refractivity contribution in [2.24, 2.45) is 0 Å². The van der Waals surface area contributed by atoms with Gasteiger partial charge in [-0.15, -0.1) is 0 Å². The van der Waals surface area contributed by atoms with Gasteiger partial charge in [0.2, 0.25) is 5.82 Å². The summed E-state index contributed by atoms with van der Waals surface area (Å²) >= 11 is 0. The number of amides is 1. The number of carbonyl (C=O) groups is 1. The maximum atomic E-state index is 12.8. The van der Waals surface area contributed by atoms with Crippen LogP contribution >= 0.6 is 0 Å². The Bertz CT molecular complexity index is 1000. The van der Waals surface area contributed by atoms with E-state index in [4.69, 9.17) is 4.42 Å². The molecule has 30 heavy (non-hydrogen) atoms. The smallest absolute Gasteiger partial charge is 0.448 e.